The maximum absolute atomic E-state index is 12.7. The Hall–Kier alpha value is -3.81. The predicted molar refractivity (Wildman–Crippen MR) is 140 cm³/mol. The molecule has 0 spiro atoms. The van der Waals surface area contributed by atoms with E-state index in [2.05, 4.69) is 48.0 Å². The zero-order chi connectivity index (χ0) is 25.7. The van der Waals surface area contributed by atoms with E-state index in [1.807, 2.05) is 47.4 Å². The van der Waals surface area contributed by atoms with Crippen LogP contribution >= 0.6 is 0 Å². The Bertz CT molecular complexity index is 1170. The Morgan fingerprint density at radius 1 is 0.861 bits per heavy atom. The smallest absolute Gasteiger partial charge is 0.260 e. The Morgan fingerprint density at radius 2 is 1.56 bits per heavy atom. The van der Waals surface area contributed by atoms with E-state index in [1.54, 1.807) is 14.2 Å². The van der Waals surface area contributed by atoms with E-state index in [-0.39, 0.29) is 17.9 Å². The molecular formula is C28H34N4O4. The van der Waals surface area contributed by atoms with E-state index in [0.29, 0.717) is 43.4 Å². The van der Waals surface area contributed by atoms with Crippen LogP contribution in [0, 0.1) is 0 Å². The van der Waals surface area contributed by atoms with Gasteiger partial charge in [0.1, 0.15) is 17.2 Å². The summed E-state index contributed by atoms with van der Waals surface area (Å²) in [6.07, 6.45) is 0. The maximum Gasteiger partial charge on any atom is 0.260 e. The monoisotopic (exact) mass is 490 g/mol. The lowest BCUT2D eigenvalue weighted by Crippen LogP contribution is -2.50. The number of carbonyl (C=O) groups excluding carboxylic acids is 1. The van der Waals surface area contributed by atoms with Gasteiger partial charge in [0.05, 0.1) is 19.9 Å². The molecule has 36 heavy (non-hydrogen) atoms. The molecule has 8 nitrogen and oxygen atoms in total. The molecule has 0 atom stereocenters. The first kappa shape index (κ1) is 25.3. The highest BCUT2D eigenvalue weighted by Gasteiger charge is 2.23. The van der Waals surface area contributed by atoms with Gasteiger partial charge >= 0.3 is 0 Å². The van der Waals surface area contributed by atoms with Crippen molar-refractivity contribution in [3.05, 3.63) is 60.2 Å². The third-order valence-electron chi connectivity index (χ3n) is 6.37. The third kappa shape index (κ3) is 5.87. The minimum atomic E-state index is -0.0129. The molecule has 1 amide bonds. The first-order valence-electron chi connectivity index (χ1n) is 12.1. The van der Waals surface area contributed by atoms with Crippen molar-refractivity contribution >= 4 is 11.7 Å². The molecule has 4 rings (SSSR count). The Kier molecular flexibility index (Phi) is 7.62. The zero-order valence-electron chi connectivity index (χ0n) is 21.7. The van der Waals surface area contributed by atoms with Crippen molar-refractivity contribution in [1.82, 2.24) is 15.1 Å². The van der Waals surface area contributed by atoms with Crippen molar-refractivity contribution in [3.63, 3.8) is 0 Å². The van der Waals surface area contributed by atoms with Crippen LogP contribution in [0.15, 0.2) is 54.6 Å². The van der Waals surface area contributed by atoms with Crippen molar-refractivity contribution in [3.8, 4) is 28.5 Å². The second-order valence-electron chi connectivity index (χ2n) is 9.77. The summed E-state index contributed by atoms with van der Waals surface area (Å²) in [7, 11) is 3.25. The summed E-state index contributed by atoms with van der Waals surface area (Å²) >= 11 is 0. The number of hydrogen-bond donors (Lipinski definition) is 0. The zero-order valence-corrected chi connectivity index (χ0v) is 21.7. The number of carbonyl (C=O) groups is 1. The SMILES string of the molecule is COc1ccc(OC)c(-c2ccc(N3CCN(C(=O)COc4ccc(C(C)(C)C)cc4)CC3)nn2)c1. The Balaban J connectivity index is 1.31. The summed E-state index contributed by atoms with van der Waals surface area (Å²) < 4.78 is 16.5. The van der Waals surface area contributed by atoms with Gasteiger partial charge in [-0.25, -0.2) is 0 Å². The van der Waals surface area contributed by atoms with Crippen LogP contribution in [0.4, 0.5) is 5.82 Å². The van der Waals surface area contributed by atoms with E-state index >= 15 is 0 Å². The maximum atomic E-state index is 12.7. The van der Waals surface area contributed by atoms with Gasteiger partial charge < -0.3 is 24.0 Å². The van der Waals surface area contributed by atoms with E-state index in [9.17, 15) is 4.79 Å². The fourth-order valence-electron chi connectivity index (χ4n) is 4.12. The van der Waals surface area contributed by atoms with E-state index in [1.165, 1.54) is 5.56 Å². The number of ether oxygens (including phenoxy) is 3. The number of benzene rings is 2. The highest BCUT2D eigenvalue weighted by molar-refractivity contribution is 5.78. The number of methoxy groups -OCH3 is 2. The van der Waals surface area contributed by atoms with Gasteiger partial charge in [-0.2, -0.15) is 0 Å². The summed E-state index contributed by atoms with van der Waals surface area (Å²) in [6.45, 7) is 9.13. The molecule has 2 heterocycles. The highest BCUT2D eigenvalue weighted by Crippen LogP contribution is 2.32. The molecule has 3 aromatic rings. The average molecular weight is 491 g/mol. The quantitative estimate of drug-likeness (QED) is 0.492. The van der Waals surface area contributed by atoms with Crippen LogP contribution in [-0.2, 0) is 10.2 Å². The molecule has 0 unspecified atom stereocenters. The Labute approximate surface area is 212 Å². The lowest BCUT2D eigenvalue weighted by atomic mass is 9.87. The summed E-state index contributed by atoms with van der Waals surface area (Å²) in [4.78, 5) is 16.7. The van der Waals surface area contributed by atoms with Crippen molar-refractivity contribution in [1.29, 1.82) is 0 Å². The predicted octanol–water partition coefficient (Wildman–Crippen LogP) is 4.19. The van der Waals surface area contributed by atoms with Crippen LogP contribution in [0.25, 0.3) is 11.3 Å². The fraction of sp³-hybridized carbons (Fsp3) is 0.393. The summed E-state index contributed by atoms with van der Waals surface area (Å²) in [5.74, 6) is 2.91. The molecule has 190 valence electrons. The number of piperazine rings is 1. The first-order valence-corrected chi connectivity index (χ1v) is 12.1. The standard InChI is InChI=1S/C28H34N4O4/c1-28(2,3)20-6-8-21(9-7-20)36-19-27(33)32-16-14-31(15-17-32)26-13-11-24(29-30-26)23-18-22(34-4)10-12-25(23)35-5/h6-13,18H,14-17,19H2,1-5H3. The van der Waals surface area contributed by atoms with Crippen molar-refractivity contribution < 1.29 is 19.0 Å². The number of nitrogens with zero attached hydrogens (tertiary/aromatic N) is 4. The first-order chi connectivity index (χ1) is 17.3. The molecule has 1 fully saturated rings. The van der Waals surface area contributed by atoms with E-state index in [0.717, 1.165) is 17.1 Å². The van der Waals surface area contributed by atoms with Crippen LogP contribution in [0.5, 0.6) is 17.2 Å². The van der Waals surface area contributed by atoms with Gasteiger partial charge in [-0.1, -0.05) is 32.9 Å². The molecule has 0 N–H and O–H groups in total. The van der Waals surface area contributed by atoms with Crippen LogP contribution in [0.3, 0.4) is 0 Å². The average Bonchev–Trinajstić information content (AvgIpc) is 2.91. The third-order valence-corrected chi connectivity index (χ3v) is 6.37. The molecule has 0 radical (unpaired) electrons. The molecule has 8 heteroatoms. The number of rotatable bonds is 7. The van der Waals surface area contributed by atoms with Gasteiger partial charge in [0.15, 0.2) is 12.4 Å². The Morgan fingerprint density at radius 3 is 2.14 bits per heavy atom. The minimum absolute atomic E-state index is 0.0129. The summed E-state index contributed by atoms with van der Waals surface area (Å²) in [5.41, 5.74) is 2.84. The second-order valence-corrected chi connectivity index (χ2v) is 9.77. The molecule has 0 aliphatic carbocycles. The molecule has 1 aromatic heterocycles. The van der Waals surface area contributed by atoms with Crippen LogP contribution in [-0.4, -0.2) is 68.0 Å². The molecular weight excluding hydrogens is 456 g/mol. The molecule has 1 aliphatic heterocycles. The van der Waals surface area contributed by atoms with Gasteiger partial charge in [0, 0.05) is 31.7 Å². The van der Waals surface area contributed by atoms with Gasteiger partial charge in [-0.3, -0.25) is 4.79 Å². The van der Waals surface area contributed by atoms with Crippen LogP contribution < -0.4 is 19.1 Å². The van der Waals surface area contributed by atoms with Crippen molar-refractivity contribution in [2.75, 3.05) is 51.9 Å². The van der Waals surface area contributed by atoms with Gasteiger partial charge in [0.2, 0.25) is 0 Å². The summed E-state index contributed by atoms with van der Waals surface area (Å²) in [5, 5.41) is 8.85. The fourth-order valence-corrected chi connectivity index (χ4v) is 4.12. The second kappa shape index (κ2) is 10.8. The molecule has 1 aliphatic rings. The number of hydrogen-bond acceptors (Lipinski definition) is 7. The van der Waals surface area contributed by atoms with Crippen molar-refractivity contribution in [2.45, 2.75) is 26.2 Å². The molecule has 0 bridgehead atoms. The lowest BCUT2D eigenvalue weighted by Gasteiger charge is -2.35. The lowest BCUT2D eigenvalue weighted by molar-refractivity contribution is -0.133. The van der Waals surface area contributed by atoms with E-state index < -0.39 is 0 Å². The molecule has 1 saturated heterocycles. The molecule has 0 saturated carbocycles. The number of anilines is 1. The van der Waals surface area contributed by atoms with E-state index in [4.69, 9.17) is 14.2 Å². The molecule has 2 aromatic carbocycles. The largest absolute Gasteiger partial charge is 0.497 e. The van der Waals surface area contributed by atoms with Crippen LogP contribution in [0.2, 0.25) is 0 Å². The minimum Gasteiger partial charge on any atom is -0.497 e. The number of amides is 1. The van der Waals surface area contributed by atoms with Crippen molar-refractivity contribution in [2.24, 2.45) is 0 Å². The van der Waals surface area contributed by atoms with Gasteiger partial charge in [0.25, 0.3) is 5.91 Å². The normalized spacial score (nSPS) is 13.9. The van der Waals surface area contributed by atoms with Crippen LogP contribution in [0.1, 0.15) is 26.3 Å². The highest BCUT2D eigenvalue weighted by atomic mass is 16.5. The van der Waals surface area contributed by atoms with Gasteiger partial charge in [-0.15, -0.1) is 10.2 Å². The topological polar surface area (TPSA) is 77.0 Å². The number of aromatic nitrogens is 2. The summed E-state index contributed by atoms with van der Waals surface area (Å²) in [6, 6.07) is 17.4. The van der Waals surface area contributed by atoms with Gasteiger partial charge in [-0.05, 0) is 53.4 Å².